The molecular weight excluding hydrogens is 264 g/mol. The molecule has 0 spiro atoms. The van der Waals surface area contributed by atoms with Crippen molar-refractivity contribution in [3.63, 3.8) is 0 Å². The Morgan fingerprint density at radius 1 is 1.29 bits per heavy atom. The topological polar surface area (TPSA) is 71.4 Å². The molecule has 0 radical (unpaired) electrons. The lowest BCUT2D eigenvalue weighted by molar-refractivity contribution is 0.738. The van der Waals surface area contributed by atoms with Crippen molar-refractivity contribution < 1.29 is 0 Å². The molecule has 2 heterocycles. The third-order valence-electron chi connectivity index (χ3n) is 3.54. The Bertz CT molecular complexity index is 755. The second-order valence-electron chi connectivity index (χ2n) is 5.06. The lowest BCUT2D eigenvalue weighted by Gasteiger charge is -2.07. The molecule has 0 atom stereocenters. The molecule has 0 amide bonds. The van der Waals surface area contributed by atoms with Gasteiger partial charge in [-0.1, -0.05) is 12.1 Å². The average Bonchev–Trinajstić information content (AvgIpc) is 3.05. The number of benzene rings is 1. The second-order valence-corrected chi connectivity index (χ2v) is 5.06. The summed E-state index contributed by atoms with van der Waals surface area (Å²) in [6, 6.07) is 8.09. The Hall–Kier alpha value is -2.63. The summed E-state index contributed by atoms with van der Waals surface area (Å²) in [5.74, 6) is 1.53. The third kappa shape index (κ3) is 2.79. The highest BCUT2D eigenvalue weighted by Crippen LogP contribution is 2.20. The van der Waals surface area contributed by atoms with E-state index in [4.69, 9.17) is 0 Å². The molecule has 0 saturated heterocycles. The summed E-state index contributed by atoms with van der Waals surface area (Å²) < 4.78 is 1.88. The molecule has 0 unspecified atom stereocenters. The number of nitrogens with zero attached hydrogens (tertiary/aromatic N) is 4. The van der Waals surface area contributed by atoms with Gasteiger partial charge in [0.05, 0.1) is 6.20 Å². The van der Waals surface area contributed by atoms with E-state index in [0.717, 1.165) is 23.6 Å². The van der Waals surface area contributed by atoms with Crippen LogP contribution in [0.15, 0.2) is 30.5 Å². The van der Waals surface area contributed by atoms with Crippen molar-refractivity contribution in [2.45, 2.75) is 20.4 Å². The molecule has 0 aliphatic rings. The maximum absolute atomic E-state index is 4.35. The number of hydrogen-bond donors (Lipinski definition) is 2. The van der Waals surface area contributed by atoms with E-state index in [0.29, 0.717) is 5.82 Å². The summed E-state index contributed by atoms with van der Waals surface area (Å²) in [5, 5.41) is 14.7. The number of nitrogens with one attached hydrogen (secondary N) is 2. The minimum absolute atomic E-state index is 0.716. The average molecular weight is 282 g/mol. The van der Waals surface area contributed by atoms with Crippen LogP contribution in [0.2, 0.25) is 0 Å². The first kappa shape index (κ1) is 13.4. The van der Waals surface area contributed by atoms with Gasteiger partial charge in [-0.15, -0.1) is 0 Å². The molecule has 0 aliphatic carbocycles. The minimum atomic E-state index is 0.716. The van der Waals surface area contributed by atoms with Crippen LogP contribution in [0.1, 0.15) is 17.1 Å². The van der Waals surface area contributed by atoms with Gasteiger partial charge in [0.1, 0.15) is 5.82 Å². The predicted molar refractivity (Wildman–Crippen MR) is 81.8 cm³/mol. The molecular formula is C15H18N6. The van der Waals surface area contributed by atoms with E-state index in [1.165, 1.54) is 11.3 Å². The Labute approximate surface area is 123 Å². The molecule has 6 heteroatoms. The number of anilines is 1. The van der Waals surface area contributed by atoms with E-state index < -0.39 is 0 Å². The summed E-state index contributed by atoms with van der Waals surface area (Å²) in [5.41, 5.74) is 4.39. The summed E-state index contributed by atoms with van der Waals surface area (Å²) >= 11 is 0. The normalized spacial score (nSPS) is 10.8. The third-order valence-corrected chi connectivity index (χ3v) is 3.54. The summed E-state index contributed by atoms with van der Waals surface area (Å²) in [4.78, 5) is 4.35. The van der Waals surface area contributed by atoms with Gasteiger partial charge in [0, 0.05) is 36.1 Å². The molecule has 0 aliphatic heterocycles. The van der Waals surface area contributed by atoms with Crippen molar-refractivity contribution in [2.24, 2.45) is 7.05 Å². The Morgan fingerprint density at radius 3 is 2.81 bits per heavy atom. The monoisotopic (exact) mass is 282 g/mol. The van der Waals surface area contributed by atoms with Gasteiger partial charge in [-0.3, -0.25) is 9.78 Å². The largest absolute Gasteiger partial charge is 0.381 e. The zero-order chi connectivity index (χ0) is 14.8. The van der Waals surface area contributed by atoms with Crippen LogP contribution in [-0.2, 0) is 13.6 Å². The summed E-state index contributed by atoms with van der Waals surface area (Å²) in [6.45, 7) is 4.71. The van der Waals surface area contributed by atoms with Crippen LogP contribution in [0.3, 0.4) is 0 Å². The fourth-order valence-corrected chi connectivity index (χ4v) is 2.16. The van der Waals surface area contributed by atoms with Crippen LogP contribution in [0.4, 0.5) is 5.69 Å². The van der Waals surface area contributed by atoms with Crippen LogP contribution in [0, 0.1) is 13.8 Å². The van der Waals surface area contributed by atoms with Crippen molar-refractivity contribution >= 4 is 5.69 Å². The van der Waals surface area contributed by atoms with Crippen molar-refractivity contribution in [1.29, 1.82) is 0 Å². The van der Waals surface area contributed by atoms with Gasteiger partial charge in [0.2, 0.25) is 0 Å². The van der Waals surface area contributed by atoms with Gasteiger partial charge in [-0.05, 0) is 26.0 Å². The SMILES string of the molecule is Cc1nc(-c2cccc(NCc3cnn(C)c3C)c2)n[nH]1. The second kappa shape index (κ2) is 5.40. The number of aromatic amines is 1. The molecule has 2 aromatic heterocycles. The maximum Gasteiger partial charge on any atom is 0.181 e. The highest BCUT2D eigenvalue weighted by Gasteiger charge is 2.06. The quantitative estimate of drug-likeness (QED) is 0.771. The molecule has 3 rings (SSSR count). The van der Waals surface area contributed by atoms with Crippen molar-refractivity contribution in [1.82, 2.24) is 25.0 Å². The zero-order valence-corrected chi connectivity index (χ0v) is 12.4. The van der Waals surface area contributed by atoms with E-state index >= 15 is 0 Å². The van der Waals surface area contributed by atoms with Gasteiger partial charge in [0.25, 0.3) is 0 Å². The van der Waals surface area contributed by atoms with Crippen LogP contribution < -0.4 is 5.32 Å². The highest BCUT2D eigenvalue weighted by molar-refractivity contribution is 5.62. The van der Waals surface area contributed by atoms with Crippen molar-refractivity contribution in [2.75, 3.05) is 5.32 Å². The first-order chi connectivity index (χ1) is 10.1. The van der Waals surface area contributed by atoms with Crippen LogP contribution >= 0.6 is 0 Å². The number of aryl methyl sites for hydroxylation is 2. The number of aromatic nitrogens is 5. The fraction of sp³-hybridized carbons (Fsp3) is 0.267. The van der Waals surface area contributed by atoms with Gasteiger partial charge in [-0.25, -0.2) is 4.98 Å². The maximum atomic E-state index is 4.35. The van der Waals surface area contributed by atoms with Crippen LogP contribution in [0.5, 0.6) is 0 Å². The standard InChI is InChI=1S/C15H18N6/c1-10-13(9-17-21(10)3)8-16-14-6-4-5-12(7-14)15-18-11(2)19-20-15/h4-7,9,16H,8H2,1-3H3,(H,18,19,20). The number of hydrogen-bond acceptors (Lipinski definition) is 4. The molecule has 21 heavy (non-hydrogen) atoms. The van der Waals surface area contributed by atoms with Gasteiger partial charge in [0.15, 0.2) is 5.82 Å². The Kier molecular flexibility index (Phi) is 3.43. The Morgan fingerprint density at radius 2 is 2.14 bits per heavy atom. The van der Waals surface area contributed by atoms with Crippen molar-refractivity contribution in [3.8, 4) is 11.4 Å². The molecule has 0 bridgehead atoms. The highest BCUT2D eigenvalue weighted by atomic mass is 15.3. The van der Waals surface area contributed by atoms with Crippen LogP contribution in [0.25, 0.3) is 11.4 Å². The molecule has 0 saturated carbocycles. The van der Waals surface area contributed by atoms with Crippen LogP contribution in [-0.4, -0.2) is 25.0 Å². The summed E-state index contributed by atoms with van der Waals surface area (Å²) in [7, 11) is 1.95. The van der Waals surface area contributed by atoms with E-state index in [1.807, 2.05) is 49.1 Å². The summed E-state index contributed by atoms with van der Waals surface area (Å²) in [6.07, 6.45) is 1.89. The minimum Gasteiger partial charge on any atom is -0.381 e. The number of rotatable bonds is 4. The smallest absolute Gasteiger partial charge is 0.181 e. The van der Waals surface area contributed by atoms with Gasteiger partial charge < -0.3 is 5.32 Å². The number of H-pyrrole nitrogens is 1. The van der Waals surface area contributed by atoms with Gasteiger partial charge >= 0.3 is 0 Å². The molecule has 2 N–H and O–H groups in total. The Balaban J connectivity index is 1.76. The fourth-order valence-electron chi connectivity index (χ4n) is 2.16. The van der Waals surface area contributed by atoms with E-state index in [-0.39, 0.29) is 0 Å². The lowest BCUT2D eigenvalue weighted by atomic mass is 10.2. The van der Waals surface area contributed by atoms with E-state index in [9.17, 15) is 0 Å². The first-order valence-corrected chi connectivity index (χ1v) is 6.84. The lowest BCUT2D eigenvalue weighted by Crippen LogP contribution is -2.01. The molecule has 1 aromatic carbocycles. The van der Waals surface area contributed by atoms with Crippen molar-refractivity contribution in [3.05, 3.63) is 47.5 Å². The first-order valence-electron chi connectivity index (χ1n) is 6.84. The molecule has 6 nitrogen and oxygen atoms in total. The van der Waals surface area contributed by atoms with E-state index in [1.54, 1.807) is 0 Å². The van der Waals surface area contributed by atoms with Gasteiger partial charge in [-0.2, -0.15) is 10.2 Å². The zero-order valence-electron chi connectivity index (χ0n) is 12.4. The molecule has 0 fully saturated rings. The molecule has 108 valence electrons. The van der Waals surface area contributed by atoms with E-state index in [2.05, 4.69) is 32.5 Å². The predicted octanol–water partition coefficient (Wildman–Crippen LogP) is 2.43. The molecule has 3 aromatic rings.